The van der Waals surface area contributed by atoms with Crippen LogP contribution in [-0.2, 0) is 11.3 Å². The lowest BCUT2D eigenvalue weighted by molar-refractivity contribution is -0.118. The minimum absolute atomic E-state index is 0.100. The number of hydrogen-bond acceptors (Lipinski definition) is 3. The Balaban J connectivity index is 2.69. The van der Waals surface area contributed by atoms with Gasteiger partial charge in [0.25, 0.3) is 0 Å². The predicted molar refractivity (Wildman–Crippen MR) is 59.8 cm³/mol. The summed E-state index contributed by atoms with van der Waals surface area (Å²) in [5, 5.41) is 12.7. The number of benzene rings is 1. The zero-order valence-electron chi connectivity index (χ0n) is 9.37. The summed E-state index contributed by atoms with van der Waals surface area (Å²) >= 11 is 0. The summed E-state index contributed by atoms with van der Waals surface area (Å²) in [5.74, 6) is 0.376. The molecule has 0 aliphatic rings. The van der Waals surface area contributed by atoms with Crippen LogP contribution in [0.3, 0.4) is 0 Å². The first-order valence-corrected chi connectivity index (χ1v) is 5.03. The van der Waals surface area contributed by atoms with E-state index in [1.807, 2.05) is 26.0 Å². The second-order valence-electron chi connectivity index (χ2n) is 3.79. The molecule has 3 nitrogen and oxygen atoms in total. The highest BCUT2D eigenvalue weighted by Crippen LogP contribution is 2.19. The maximum Gasteiger partial charge on any atom is 0.146 e. The van der Waals surface area contributed by atoms with Crippen LogP contribution in [-0.4, -0.2) is 16.9 Å². The third kappa shape index (κ3) is 3.06. The average Bonchev–Trinajstić information content (AvgIpc) is 2.16. The molecule has 0 fully saturated rings. The average molecular weight is 207 g/mol. The molecule has 0 heterocycles. The fourth-order valence-corrected chi connectivity index (χ4v) is 1.32. The second-order valence-corrected chi connectivity index (χ2v) is 3.79. The van der Waals surface area contributed by atoms with Crippen LogP contribution in [0.5, 0.6) is 5.75 Å². The molecule has 1 aromatic rings. The van der Waals surface area contributed by atoms with E-state index >= 15 is 0 Å². The Labute approximate surface area is 90.1 Å². The van der Waals surface area contributed by atoms with E-state index in [-0.39, 0.29) is 17.6 Å². The van der Waals surface area contributed by atoms with Gasteiger partial charge >= 0.3 is 0 Å². The third-order valence-electron chi connectivity index (χ3n) is 2.58. The van der Waals surface area contributed by atoms with Gasteiger partial charge in [-0.25, -0.2) is 0 Å². The summed E-state index contributed by atoms with van der Waals surface area (Å²) in [4.78, 5) is 11.0. The minimum Gasteiger partial charge on any atom is -0.508 e. The van der Waals surface area contributed by atoms with Gasteiger partial charge in [-0.2, -0.15) is 0 Å². The SMILES string of the molecule is CC(=O)C(C)NCc1c(C)cccc1O. The number of hydrogen-bond donors (Lipinski definition) is 2. The predicted octanol–water partition coefficient (Wildman–Crippen LogP) is 1.77. The Morgan fingerprint density at radius 1 is 1.53 bits per heavy atom. The van der Waals surface area contributed by atoms with Gasteiger partial charge < -0.3 is 10.4 Å². The molecule has 0 aliphatic carbocycles. The van der Waals surface area contributed by atoms with Crippen LogP contribution in [0.4, 0.5) is 0 Å². The molecule has 0 radical (unpaired) electrons. The smallest absolute Gasteiger partial charge is 0.146 e. The van der Waals surface area contributed by atoms with Crippen molar-refractivity contribution in [1.82, 2.24) is 5.32 Å². The summed E-state index contributed by atoms with van der Waals surface area (Å²) in [6, 6.07) is 5.23. The Morgan fingerprint density at radius 3 is 2.73 bits per heavy atom. The molecule has 2 N–H and O–H groups in total. The largest absolute Gasteiger partial charge is 0.508 e. The first-order chi connectivity index (χ1) is 7.02. The normalized spacial score (nSPS) is 12.5. The maximum atomic E-state index is 11.0. The molecule has 82 valence electrons. The molecule has 1 atom stereocenters. The maximum absolute atomic E-state index is 11.0. The minimum atomic E-state index is -0.177. The quantitative estimate of drug-likeness (QED) is 0.791. The van der Waals surface area contributed by atoms with Gasteiger partial charge in [0.2, 0.25) is 0 Å². The lowest BCUT2D eigenvalue weighted by Gasteiger charge is -2.13. The Bertz CT molecular complexity index is 340. The van der Waals surface area contributed by atoms with Crippen molar-refractivity contribution in [2.24, 2.45) is 0 Å². The number of nitrogens with one attached hydrogen (secondary N) is 1. The highest BCUT2D eigenvalue weighted by molar-refractivity contribution is 5.80. The Kier molecular flexibility index (Phi) is 3.86. The fourth-order valence-electron chi connectivity index (χ4n) is 1.32. The number of carbonyl (C=O) groups excluding carboxylic acids is 1. The lowest BCUT2D eigenvalue weighted by Crippen LogP contribution is -2.31. The van der Waals surface area contributed by atoms with E-state index in [1.54, 1.807) is 13.0 Å². The molecular weight excluding hydrogens is 190 g/mol. The van der Waals surface area contributed by atoms with Crippen LogP contribution in [0.1, 0.15) is 25.0 Å². The molecule has 0 spiro atoms. The van der Waals surface area contributed by atoms with Crippen molar-refractivity contribution in [2.75, 3.05) is 0 Å². The van der Waals surface area contributed by atoms with Crippen LogP contribution in [0.25, 0.3) is 0 Å². The first-order valence-electron chi connectivity index (χ1n) is 5.03. The summed E-state index contributed by atoms with van der Waals surface area (Å²) in [6.07, 6.45) is 0. The van der Waals surface area contributed by atoms with Crippen molar-refractivity contribution in [3.05, 3.63) is 29.3 Å². The van der Waals surface area contributed by atoms with Gasteiger partial charge in [-0.15, -0.1) is 0 Å². The zero-order chi connectivity index (χ0) is 11.4. The van der Waals surface area contributed by atoms with Gasteiger partial charge in [0.1, 0.15) is 11.5 Å². The number of aromatic hydroxyl groups is 1. The number of aryl methyl sites for hydroxylation is 1. The van der Waals surface area contributed by atoms with Gasteiger partial charge in [0.15, 0.2) is 0 Å². The fraction of sp³-hybridized carbons (Fsp3) is 0.417. The molecule has 0 amide bonds. The second kappa shape index (κ2) is 4.94. The van der Waals surface area contributed by atoms with Crippen molar-refractivity contribution in [2.45, 2.75) is 33.4 Å². The third-order valence-corrected chi connectivity index (χ3v) is 2.58. The van der Waals surface area contributed by atoms with E-state index in [2.05, 4.69) is 5.32 Å². The van der Waals surface area contributed by atoms with Crippen LogP contribution < -0.4 is 5.32 Å². The van der Waals surface area contributed by atoms with E-state index in [1.165, 1.54) is 0 Å². The van der Waals surface area contributed by atoms with Crippen LogP contribution in [0, 0.1) is 6.92 Å². The number of rotatable bonds is 4. The molecule has 0 aromatic heterocycles. The monoisotopic (exact) mass is 207 g/mol. The number of Topliss-reactive ketones (excluding diaryl/α,β-unsaturated/α-hetero) is 1. The van der Waals surface area contributed by atoms with Crippen molar-refractivity contribution in [3.63, 3.8) is 0 Å². The van der Waals surface area contributed by atoms with Gasteiger partial charge in [0, 0.05) is 12.1 Å². The molecule has 0 saturated heterocycles. The van der Waals surface area contributed by atoms with Crippen LogP contribution in [0.15, 0.2) is 18.2 Å². The first kappa shape index (κ1) is 11.7. The van der Waals surface area contributed by atoms with Gasteiger partial charge in [-0.3, -0.25) is 4.79 Å². The number of carbonyl (C=O) groups is 1. The Hall–Kier alpha value is -1.35. The van der Waals surface area contributed by atoms with Crippen molar-refractivity contribution in [1.29, 1.82) is 0 Å². The van der Waals surface area contributed by atoms with Gasteiger partial charge in [-0.1, -0.05) is 12.1 Å². The van der Waals surface area contributed by atoms with Crippen molar-refractivity contribution >= 4 is 5.78 Å². The van der Waals surface area contributed by atoms with Crippen molar-refractivity contribution in [3.8, 4) is 5.75 Å². The molecular formula is C12H17NO2. The van der Waals surface area contributed by atoms with Crippen molar-refractivity contribution < 1.29 is 9.90 Å². The molecule has 1 unspecified atom stereocenters. The summed E-state index contributed by atoms with van der Waals surface area (Å²) in [7, 11) is 0. The highest BCUT2D eigenvalue weighted by atomic mass is 16.3. The standard InChI is InChI=1S/C12H17NO2/c1-8-5-4-6-12(15)11(8)7-13-9(2)10(3)14/h4-6,9,13,15H,7H2,1-3H3. The lowest BCUT2D eigenvalue weighted by atomic mass is 10.1. The highest BCUT2D eigenvalue weighted by Gasteiger charge is 2.09. The van der Waals surface area contributed by atoms with E-state index in [9.17, 15) is 9.90 Å². The summed E-state index contributed by atoms with van der Waals surface area (Å²) < 4.78 is 0. The molecule has 0 saturated carbocycles. The molecule has 1 aromatic carbocycles. The summed E-state index contributed by atoms with van der Waals surface area (Å²) in [6.45, 7) is 5.82. The molecule has 1 rings (SSSR count). The molecule has 0 bridgehead atoms. The summed E-state index contributed by atoms with van der Waals surface area (Å²) in [5.41, 5.74) is 1.88. The number of phenols is 1. The number of ketones is 1. The Morgan fingerprint density at radius 2 is 2.20 bits per heavy atom. The topological polar surface area (TPSA) is 49.3 Å². The van der Waals surface area contributed by atoms with Gasteiger partial charge in [0.05, 0.1) is 6.04 Å². The zero-order valence-corrected chi connectivity index (χ0v) is 9.37. The molecule has 15 heavy (non-hydrogen) atoms. The van der Waals surface area contributed by atoms with E-state index < -0.39 is 0 Å². The molecule has 3 heteroatoms. The van der Waals surface area contributed by atoms with Gasteiger partial charge in [-0.05, 0) is 32.4 Å². The van der Waals surface area contributed by atoms with Crippen LogP contribution >= 0.6 is 0 Å². The van der Waals surface area contributed by atoms with E-state index in [0.29, 0.717) is 6.54 Å². The number of phenolic OH excluding ortho intramolecular Hbond substituents is 1. The molecule has 0 aliphatic heterocycles. The van der Waals surface area contributed by atoms with E-state index in [0.717, 1.165) is 11.1 Å². The van der Waals surface area contributed by atoms with Crippen LogP contribution in [0.2, 0.25) is 0 Å². The van der Waals surface area contributed by atoms with E-state index in [4.69, 9.17) is 0 Å².